The Hall–Kier alpha value is -1.04. The second-order valence-corrected chi connectivity index (χ2v) is 7.19. The SMILES string of the molecule is CC1CC(C#N)(C(=O)NC2C3C4CCC(C4)C23)C1. The summed E-state index contributed by atoms with van der Waals surface area (Å²) in [6.45, 7) is 2.12. The molecule has 2 bridgehead atoms. The Morgan fingerprint density at radius 1 is 1.28 bits per heavy atom. The van der Waals surface area contributed by atoms with E-state index >= 15 is 0 Å². The molecule has 1 amide bonds. The number of nitrogens with one attached hydrogen (secondary N) is 1. The van der Waals surface area contributed by atoms with Crippen molar-refractivity contribution in [3.8, 4) is 6.07 Å². The summed E-state index contributed by atoms with van der Waals surface area (Å²) in [4.78, 5) is 12.3. The van der Waals surface area contributed by atoms with Gasteiger partial charge in [0.1, 0.15) is 5.41 Å². The van der Waals surface area contributed by atoms with Crippen molar-refractivity contribution in [2.45, 2.75) is 45.1 Å². The van der Waals surface area contributed by atoms with Gasteiger partial charge in [0.2, 0.25) is 5.91 Å². The maximum atomic E-state index is 12.3. The van der Waals surface area contributed by atoms with Gasteiger partial charge in [0.15, 0.2) is 0 Å². The molecule has 0 aromatic heterocycles. The highest BCUT2D eigenvalue weighted by molar-refractivity contribution is 5.87. The molecule has 18 heavy (non-hydrogen) atoms. The van der Waals surface area contributed by atoms with E-state index in [1.165, 1.54) is 19.3 Å². The largest absolute Gasteiger partial charge is 0.351 e. The standard InChI is InChI=1S/C15H20N2O/c1-8-5-15(6-8,7-16)14(18)17-13-11-9-2-3-10(4-9)12(11)13/h8-13H,2-6H2,1H3,(H,17,18). The molecule has 4 aliphatic rings. The number of carbonyl (C=O) groups is 1. The van der Waals surface area contributed by atoms with Crippen molar-refractivity contribution in [2.24, 2.45) is 35.0 Å². The van der Waals surface area contributed by atoms with Crippen molar-refractivity contribution in [1.82, 2.24) is 5.32 Å². The van der Waals surface area contributed by atoms with Crippen LogP contribution >= 0.6 is 0 Å². The quantitative estimate of drug-likeness (QED) is 0.808. The summed E-state index contributed by atoms with van der Waals surface area (Å²) in [7, 11) is 0. The Morgan fingerprint density at radius 3 is 2.39 bits per heavy atom. The molecule has 96 valence electrons. The van der Waals surface area contributed by atoms with Gasteiger partial charge in [-0.15, -0.1) is 0 Å². The van der Waals surface area contributed by atoms with Crippen LogP contribution in [-0.4, -0.2) is 11.9 Å². The van der Waals surface area contributed by atoms with Gasteiger partial charge in [-0.3, -0.25) is 4.79 Å². The Bertz CT molecular complexity index is 430. The van der Waals surface area contributed by atoms with Gasteiger partial charge in [-0.1, -0.05) is 6.92 Å². The molecule has 3 heteroatoms. The number of nitrogens with zero attached hydrogens (tertiary/aromatic N) is 1. The van der Waals surface area contributed by atoms with Crippen LogP contribution < -0.4 is 5.32 Å². The van der Waals surface area contributed by atoms with E-state index in [4.69, 9.17) is 0 Å². The zero-order valence-electron chi connectivity index (χ0n) is 10.9. The Kier molecular flexibility index (Phi) is 1.98. The molecule has 3 nitrogen and oxygen atoms in total. The first-order valence-corrected chi connectivity index (χ1v) is 7.37. The minimum Gasteiger partial charge on any atom is -0.351 e. The predicted octanol–water partition coefficient (Wildman–Crippen LogP) is 2.09. The number of amides is 1. The van der Waals surface area contributed by atoms with Crippen molar-refractivity contribution in [3.05, 3.63) is 0 Å². The van der Waals surface area contributed by atoms with Crippen LogP contribution in [0.4, 0.5) is 0 Å². The summed E-state index contributed by atoms with van der Waals surface area (Å²) in [6, 6.07) is 2.69. The molecule has 0 aliphatic heterocycles. The van der Waals surface area contributed by atoms with Crippen molar-refractivity contribution >= 4 is 5.91 Å². The van der Waals surface area contributed by atoms with E-state index in [9.17, 15) is 10.1 Å². The summed E-state index contributed by atoms with van der Waals surface area (Å²) in [6.07, 6.45) is 5.66. The van der Waals surface area contributed by atoms with E-state index in [0.717, 1.165) is 36.5 Å². The average molecular weight is 244 g/mol. The third kappa shape index (κ3) is 1.22. The minimum absolute atomic E-state index is 0.0295. The van der Waals surface area contributed by atoms with Crippen LogP contribution in [0.25, 0.3) is 0 Å². The van der Waals surface area contributed by atoms with E-state index in [1.54, 1.807) is 0 Å². The molecular formula is C15H20N2O. The van der Waals surface area contributed by atoms with Crippen molar-refractivity contribution in [3.63, 3.8) is 0 Å². The zero-order valence-corrected chi connectivity index (χ0v) is 10.9. The minimum atomic E-state index is -0.685. The topological polar surface area (TPSA) is 52.9 Å². The summed E-state index contributed by atoms with van der Waals surface area (Å²) < 4.78 is 0. The number of fused-ring (bicyclic) bond motifs is 5. The van der Waals surface area contributed by atoms with E-state index in [1.807, 2.05) is 0 Å². The lowest BCUT2D eigenvalue weighted by Gasteiger charge is -2.39. The summed E-state index contributed by atoms with van der Waals surface area (Å²) in [5.74, 6) is 3.85. The number of hydrogen-bond acceptors (Lipinski definition) is 2. The fraction of sp³-hybridized carbons (Fsp3) is 0.867. The van der Waals surface area contributed by atoms with Gasteiger partial charge in [0, 0.05) is 6.04 Å². The van der Waals surface area contributed by atoms with E-state index in [-0.39, 0.29) is 5.91 Å². The van der Waals surface area contributed by atoms with Gasteiger partial charge in [-0.25, -0.2) is 0 Å². The normalized spacial score (nSPS) is 55.3. The Balaban J connectivity index is 1.42. The van der Waals surface area contributed by atoms with Crippen LogP contribution in [0.3, 0.4) is 0 Å². The zero-order chi connectivity index (χ0) is 12.5. The lowest BCUT2D eigenvalue weighted by Crippen LogP contribution is -2.49. The summed E-state index contributed by atoms with van der Waals surface area (Å²) in [5.41, 5.74) is -0.685. The summed E-state index contributed by atoms with van der Waals surface area (Å²) in [5, 5.41) is 12.5. The lowest BCUT2D eigenvalue weighted by atomic mass is 9.63. The molecule has 1 N–H and O–H groups in total. The molecular weight excluding hydrogens is 224 g/mol. The molecule has 0 radical (unpaired) electrons. The molecule has 0 heterocycles. The van der Waals surface area contributed by atoms with Crippen molar-refractivity contribution in [1.29, 1.82) is 5.26 Å². The van der Waals surface area contributed by atoms with Gasteiger partial charge in [-0.2, -0.15) is 5.26 Å². The second-order valence-electron chi connectivity index (χ2n) is 7.19. The molecule has 0 aromatic carbocycles. The number of hydrogen-bond donors (Lipinski definition) is 1. The molecule has 0 spiro atoms. The number of rotatable bonds is 2. The second kappa shape index (κ2) is 3.29. The third-order valence-electron chi connectivity index (χ3n) is 6.08. The van der Waals surface area contributed by atoms with Crippen LogP contribution in [0.5, 0.6) is 0 Å². The first kappa shape index (κ1) is 10.8. The van der Waals surface area contributed by atoms with E-state index < -0.39 is 5.41 Å². The van der Waals surface area contributed by atoms with Crippen molar-refractivity contribution < 1.29 is 4.79 Å². The van der Waals surface area contributed by atoms with Crippen LogP contribution in [0.2, 0.25) is 0 Å². The highest BCUT2D eigenvalue weighted by Crippen LogP contribution is 2.65. The molecule has 4 fully saturated rings. The number of carbonyl (C=O) groups excluding carboxylic acids is 1. The first-order valence-electron chi connectivity index (χ1n) is 7.37. The molecule has 4 rings (SSSR count). The van der Waals surface area contributed by atoms with Gasteiger partial charge >= 0.3 is 0 Å². The Labute approximate surface area is 108 Å². The highest BCUT2D eigenvalue weighted by atomic mass is 16.2. The van der Waals surface area contributed by atoms with Gasteiger partial charge < -0.3 is 5.32 Å². The third-order valence-corrected chi connectivity index (χ3v) is 6.08. The highest BCUT2D eigenvalue weighted by Gasteiger charge is 2.66. The summed E-state index contributed by atoms with van der Waals surface area (Å²) >= 11 is 0. The molecule has 4 unspecified atom stereocenters. The fourth-order valence-electron chi connectivity index (χ4n) is 5.27. The van der Waals surface area contributed by atoms with Gasteiger partial charge in [-0.05, 0) is 61.7 Å². The number of nitriles is 1. The predicted molar refractivity (Wildman–Crippen MR) is 66.2 cm³/mol. The first-order chi connectivity index (χ1) is 8.64. The van der Waals surface area contributed by atoms with E-state index in [0.29, 0.717) is 12.0 Å². The average Bonchev–Trinajstić information content (AvgIpc) is 2.73. The lowest BCUT2D eigenvalue weighted by molar-refractivity contribution is -0.134. The molecule has 4 aliphatic carbocycles. The van der Waals surface area contributed by atoms with Crippen LogP contribution in [0, 0.1) is 46.3 Å². The van der Waals surface area contributed by atoms with Crippen LogP contribution in [0.1, 0.15) is 39.0 Å². The van der Waals surface area contributed by atoms with Crippen molar-refractivity contribution in [2.75, 3.05) is 0 Å². The molecule has 4 saturated carbocycles. The van der Waals surface area contributed by atoms with Gasteiger partial charge in [0.05, 0.1) is 6.07 Å². The van der Waals surface area contributed by atoms with Gasteiger partial charge in [0.25, 0.3) is 0 Å². The van der Waals surface area contributed by atoms with Crippen LogP contribution in [0.15, 0.2) is 0 Å². The Morgan fingerprint density at radius 2 is 1.89 bits per heavy atom. The van der Waals surface area contributed by atoms with E-state index in [2.05, 4.69) is 18.3 Å². The molecule has 4 atom stereocenters. The molecule has 0 aromatic rings. The monoisotopic (exact) mass is 244 g/mol. The maximum absolute atomic E-state index is 12.3. The van der Waals surface area contributed by atoms with Crippen LogP contribution in [-0.2, 0) is 4.79 Å². The maximum Gasteiger partial charge on any atom is 0.240 e. The smallest absolute Gasteiger partial charge is 0.240 e. The fourth-order valence-corrected chi connectivity index (χ4v) is 5.27. The molecule has 0 saturated heterocycles.